The molecule has 2 aromatic rings. The smallest absolute Gasteiger partial charge is 0.305 e. The zero-order valence-corrected chi connectivity index (χ0v) is 17.1. The first-order valence-corrected chi connectivity index (χ1v) is 9.79. The van der Waals surface area contributed by atoms with Crippen molar-refractivity contribution in [3.05, 3.63) is 60.2 Å². The first kappa shape index (κ1) is 22.4. The van der Waals surface area contributed by atoms with Crippen LogP contribution in [0.1, 0.15) is 37.7 Å². The average Bonchev–Trinajstić information content (AvgIpc) is 2.76. The van der Waals surface area contributed by atoms with Gasteiger partial charge < -0.3 is 19.5 Å². The number of hydrogen-bond donors (Lipinski definition) is 1. The third-order valence-electron chi connectivity index (χ3n) is 4.52. The van der Waals surface area contributed by atoms with E-state index >= 15 is 0 Å². The number of carbonyl (C=O) groups is 2. The Morgan fingerprint density at radius 3 is 2.31 bits per heavy atom. The lowest BCUT2D eigenvalue weighted by Crippen LogP contribution is -2.30. The highest BCUT2D eigenvalue weighted by Gasteiger charge is 2.19. The number of para-hydroxylation sites is 1. The Hall–Kier alpha value is -2.86. The van der Waals surface area contributed by atoms with Crippen LogP contribution in [0.15, 0.2) is 54.6 Å². The van der Waals surface area contributed by atoms with Gasteiger partial charge in [0.2, 0.25) is 0 Å². The minimum absolute atomic E-state index is 0.169. The third-order valence-corrected chi connectivity index (χ3v) is 4.52. The molecule has 0 spiro atoms. The summed E-state index contributed by atoms with van der Waals surface area (Å²) < 4.78 is 15.8. The van der Waals surface area contributed by atoms with E-state index in [4.69, 9.17) is 9.47 Å². The number of carbonyl (C=O) groups excluding carboxylic acids is 2. The zero-order chi connectivity index (χ0) is 20.9. The SMILES string of the molecule is COC(=O)CCCCC[C@H](OCc1ccc(OC)cc1)C(=O)Nc1ccccc1. The molecule has 0 radical (unpaired) electrons. The largest absolute Gasteiger partial charge is 0.497 e. The summed E-state index contributed by atoms with van der Waals surface area (Å²) in [4.78, 5) is 23.9. The molecule has 0 fully saturated rings. The minimum atomic E-state index is -0.574. The van der Waals surface area contributed by atoms with Crippen molar-refractivity contribution in [1.82, 2.24) is 0 Å². The van der Waals surface area contributed by atoms with Crippen molar-refractivity contribution in [1.29, 1.82) is 0 Å². The Morgan fingerprint density at radius 1 is 0.931 bits per heavy atom. The summed E-state index contributed by atoms with van der Waals surface area (Å²) in [5.74, 6) is 0.398. The van der Waals surface area contributed by atoms with E-state index in [1.54, 1.807) is 7.11 Å². The molecule has 1 N–H and O–H groups in total. The number of esters is 1. The van der Waals surface area contributed by atoms with Crippen molar-refractivity contribution in [2.75, 3.05) is 19.5 Å². The van der Waals surface area contributed by atoms with Gasteiger partial charge in [-0.05, 0) is 42.7 Å². The highest BCUT2D eigenvalue weighted by Crippen LogP contribution is 2.16. The van der Waals surface area contributed by atoms with Crippen LogP contribution in [0.2, 0.25) is 0 Å². The highest BCUT2D eigenvalue weighted by atomic mass is 16.5. The maximum atomic E-state index is 12.7. The third kappa shape index (κ3) is 8.35. The number of rotatable bonds is 12. The predicted octanol–water partition coefficient (Wildman–Crippen LogP) is 4.34. The van der Waals surface area contributed by atoms with E-state index in [-0.39, 0.29) is 11.9 Å². The lowest BCUT2D eigenvalue weighted by Gasteiger charge is -2.18. The second kappa shape index (κ2) is 12.6. The molecule has 0 aliphatic rings. The van der Waals surface area contributed by atoms with Crippen molar-refractivity contribution in [3.8, 4) is 5.75 Å². The molecule has 0 saturated carbocycles. The van der Waals surface area contributed by atoms with Crippen molar-refractivity contribution >= 4 is 17.6 Å². The van der Waals surface area contributed by atoms with Gasteiger partial charge in [0.25, 0.3) is 5.91 Å². The fourth-order valence-electron chi connectivity index (χ4n) is 2.83. The molecule has 2 rings (SSSR count). The molecule has 0 aliphatic carbocycles. The van der Waals surface area contributed by atoms with Crippen LogP contribution in [0.4, 0.5) is 5.69 Å². The molecule has 0 saturated heterocycles. The van der Waals surface area contributed by atoms with E-state index in [1.807, 2.05) is 54.6 Å². The van der Waals surface area contributed by atoms with Gasteiger partial charge in [-0.2, -0.15) is 0 Å². The van der Waals surface area contributed by atoms with Crippen LogP contribution in [0.3, 0.4) is 0 Å². The molecule has 0 bridgehead atoms. The maximum absolute atomic E-state index is 12.7. The predicted molar refractivity (Wildman–Crippen MR) is 112 cm³/mol. The summed E-state index contributed by atoms with van der Waals surface area (Å²) >= 11 is 0. The summed E-state index contributed by atoms with van der Waals surface area (Å²) in [5.41, 5.74) is 1.70. The van der Waals surface area contributed by atoms with Crippen LogP contribution in [-0.2, 0) is 25.7 Å². The molecule has 1 atom stereocenters. The Balaban J connectivity index is 1.90. The lowest BCUT2D eigenvalue weighted by atomic mass is 10.1. The molecule has 6 nitrogen and oxygen atoms in total. The number of anilines is 1. The number of ether oxygens (including phenoxy) is 3. The van der Waals surface area contributed by atoms with Crippen LogP contribution in [0, 0.1) is 0 Å². The van der Waals surface area contributed by atoms with Gasteiger partial charge in [0.1, 0.15) is 11.9 Å². The van der Waals surface area contributed by atoms with E-state index in [0.29, 0.717) is 19.4 Å². The summed E-state index contributed by atoms with van der Waals surface area (Å²) in [6, 6.07) is 16.9. The van der Waals surface area contributed by atoms with Gasteiger partial charge in [-0.25, -0.2) is 0 Å². The Labute approximate surface area is 172 Å². The molecule has 29 heavy (non-hydrogen) atoms. The monoisotopic (exact) mass is 399 g/mol. The Morgan fingerprint density at radius 2 is 1.66 bits per heavy atom. The minimum Gasteiger partial charge on any atom is -0.497 e. The van der Waals surface area contributed by atoms with Crippen molar-refractivity contribution in [2.24, 2.45) is 0 Å². The van der Waals surface area contributed by atoms with Gasteiger partial charge in [-0.15, -0.1) is 0 Å². The Kier molecular flexibility index (Phi) is 9.72. The molecular formula is C23H29NO5. The quantitative estimate of drug-likeness (QED) is 0.424. The zero-order valence-electron chi connectivity index (χ0n) is 17.1. The average molecular weight is 399 g/mol. The van der Waals surface area contributed by atoms with Crippen molar-refractivity contribution < 1.29 is 23.8 Å². The second-order valence-corrected chi connectivity index (χ2v) is 6.68. The molecule has 0 unspecified atom stereocenters. The van der Waals surface area contributed by atoms with Crippen LogP contribution in [0.25, 0.3) is 0 Å². The van der Waals surface area contributed by atoms with Gasteiger partial charge in [-0.1, -0.05) is 43.2 Å². The standard InChI is InChI=1S/C23H29NO5/c1-27-20-15-13-18(14-16-20)17-29-21(11-7-4-8-12-22(25)28-2)23(26)24-19-9-5-3-6-10-19/h3,5-6,9-10,13-16,21H,4,7-8,11-12,17H2,1-2H3,(H,24,26)/t21-/m0/s1. The van der Waals surface area contributed by atoms with Crippen molar-refractivity contribution in [2.45, 2.75) is 44.8 Å². The fourth-order valence-corrected chi connectivity index (χ4v) is 2.83. The molecule has 2 aromatic carbocycles. The molecule has 6 heteroatoms. The van der Waals surface area contributed by atoms with E-state index in [9.17, 15) is 9.59 Å². The topological polar surface area (TPSA) is 73.9 Å². The van der Waals surface area contributed by atoms with E-state index < -0.39 is 6.10 Å². The van der Waals surface area contributed by atoms with Crippen LogP contribution in [0.5, 0.6) is 5.75 Å². The van der Waals surface area contributed by atoms with Gasteiger partial charge in [0, 0.05) is 12.1 Å². The van der Waals surface area contributed by atoms with Crippen molar-refractivity contribution in [3.63, 3.8) is 0 Å². The van der Waals surface area contributed by atoms with Gasteiger partial charge >= 0.3 is 5.97 Å². The second-order valence-electron chi connectivity index (χ2n) is 6.68. The van der Waals surface area contributed by atoms with Gasteiger partial charge in [0.15, 0.2) is 0 Å². The molecule has 1 amide bonds. The van der Waals surface area contributed by atoms with E-state index in [0.717, 1.165) is 36.3 Å². The lowest BCUT2D eigenvalue weighted by molar-refractivity contribution is -0.140. The van der Waals surface area contributed by atoms with E-state index in [2.05, 4.69) is 10.1 Å². The first-order chi connectivity index (χ1) is 14.1. The summed E-state index contributed by atoms with van der Waals surface area (Å²) in [6.07, 6.45) is 2.75. The number of methoxy groups -OCH3 is 2. The molecule has 0 heterocycles. The summed E-state index contributed by atoms with van der Waals surface area (Å²) in [6.45, 7) is 0.332. The number of benzene rings is 2. The number of nitrogens with one attached hydrogen (secondary N) is 1. The Bertz CT molecular complexity index is 746. The molecule has 0 aliphatic heterocycles. The number of amides is 1. The van der Waals surface area contributed by atoms with Gasteiger partial charge in [-0.3, -0.25) is 9.59 Å². The molecular weight excluding hydrogens is 370 g/mol. The highest BCUT2D eigenvalue weighted by molar-refractivity contribution is 5.94. The molecule has 0 aromatic heterocycles. The fraction of sp³-hybridized carbons (Fsp3) is 0.391. The molecule has 156 valence electrons. The summed E-state index contributed by atoms with van der Waals surface area (Å²) in [7, 11) is 3.01. The van der Waals surface area contributed by atoms with Crippen LogP contribution < -0.4 is 10.1 Å². The van der Waals surface area contributed by atoms with Gasteiger partial charge in [0.05, 0.1) is 20.8 Å². The number of unbranched alkanes of at least 4 members (excludes halogenated alkanes) is 2. The first-order valence-electron chi connectivity index (χ1n) is 9.79. The van der Waals surface area contributed by atoms with Crippen LogP contribution in [-0.4, -0.2) is 32.2 Å². The number of hydrogen-bond acceptors (Lipinski definition) is 5. The normalized spacial score (nSPS) is 11.5. The summed E-state index contributed by atoms with van der Waals surface area (Å²) in [5, 5.41) is 2.91. The van der Waals surface area contributed by atoms with Crippen LogP contribution >= 0.6 is 0 Å². The van der Waals surface area contributed by atoms with E-state index in [1.165, 1.54) is 7.11 Å². The maximum Gasteiger partial charge on any atom is 0.305 e.